The molecule has 2 N–H and O–H groups in total. The first kappa shape index (κ1) is 26.8. The number of likely N-dealkylation sites (tertiary alicyclic amines) is 1. The highest BCUT2D eigenvalue weighted by Gasteiger charge is 2.43. The van der Waals surface area contributed by atoms with Crippen LogP contribution in [-0.2, 0) is 28.1 Å². The number of aryl methyl sites for hydroxylation is 1. The first-order chi connectivity index (χ1) is 19.3. The van der Waals surface area contributed by atoms with Gasteiger partial charge in [-0.05, 0) is 80.5 Å². The second-order valence-electron chi connectivity index (χ2n) is 11.2. The van der Waals surface area contributed by atoms with Crippen molar-refractivity contribution >= 4 is 35.4 Å². The minimum atomic E-state index is -0.589. The summed E-state index contributed by atoms with van der Waals surface area (Å²) in [7, 11) is 0. The van der Waals surface area contributed by atoms with Crippen molar-refractivity contribution in [2.24, 2.45) is 0 Å². The molecule has 2 aromatic carbocycles. The van der Waals surface area contributed by atoms with Crippen LogP contribution in [0.1, 0.15) is 72.0 Å². The Morgan fingerprint density at radius 2 is 1.85 bits per heavy atom. The second-order valence-corrected chi connectivity index (χ2v) is 11.7. The van der Waals surface area contributed by atoms with Crippen LogP contribution < -0.4 is 15.4 Å². The van der Waals surface area contributed by atoms with E-state index < -0.39 is 17.7 Å². The van der Waals surface area contributed by atoms with Crippen LogP contribution >= 0.6 is 11.6 Å². The third-order valence-electron chi connectivity index (χ3n) is 8.81. The molecule has 0 aliphatic carbocycles. The predicted octanol–water partition coefficient (Wildman–Crippen LogP) is 3.91. The van der Waals surface area contributed by atoms with Crippen molar-refractivity contribution < 1.29 is 23.9 Å². The number of carbonyl (C=O) groups excluding carboxylic acids is 4. The molecular formula is C30H33ClN4O5. The highest BCUT2D eigenvalue weighted by Crippen LogP contribution is 2.42. The van der Waals surface area contributed by atoms with Gasteiger partial charge >= 0.3 is 6.09 Å². The van der Waals surface area contributed by atoms with E-state index in [2.05, 4.69) is 21.6 Å². The van der Waals surface area contributed by atoms with Gasteiger partial charge in [-0.1, -0.05) is 30.2 Å². The third-order valence-corrected chi connectivity index (χ3v) is 9.05. The monoisotopic (exact) mass is 564 g/mol. The van der Waals surface area contributed by atoms with E-state index in [1.807, 2.05) is 18.2 Å². The van der Waals surface area contributed by atoms with Crippen LogP contribution in [0.3, 0.4) is 0 Å². The smallest absolute Gasteiger partial charge is 0.410 e. The number of hydrogen-bond donors (Lipinski definition) is 2. The summed E-state index contributed by atoms with van der Waals surface area (Å²) in [6.07, 6.45) is 5.88. The number of piperidine rings is 2. The van der Waals surface area contributed by atoms with Crippen molar-refractivity contribution in [1.29, 1.82) is 0 Å². The highest BCUT2D eigenvalue weighted by atomic mass is 35.5. The van der Waals surface area contributed by atoms with E-state index in [9.17, 15) is 19.2 Å². The number of benzene rings is 2. The first-order valence-electron chi connectivity index (χ1n) is 14.1. The molecule has 1 unspecified atom stereocenters. The topological polar surface area (TPSA) is 108 Å². The minimum absolute atomic E-state index is 0.125. The lowest BCUT2D eigenvalue weighted by atomic mass is 9.79. The van der Waals surface area contributed by atoms with Gasteiger partial charge in [-0.2, -0.15) is 0 Å². The van der Waals surface area contributed by atoms with Crippen molar-refractivity contribution in [2.75, 3.05) is 19.6 Å². The maximum atomic E-state index is 13.1. The maximum Gasteiger partial charge on any atom is 0.413 e. The zero-order valence-electron chi connectivity index (χ0n) is 22.3. The number of nitrogens with zero attached hydrogens (tertiary/aromatic N) is 2. The highest BCUT2D eigenvalue weighted by molar-refractivity contribution is 6.30. The number of unbranched alkanes of at least 4 members (excludes halogenated alkanes) is 2. The van der Waals surface area contributed by atoms with Crippen LogP contribution in [0.4, 0.5) is 4.79 Å². The molecule has 4 aliphatic heterocycles. The van der Waals surface area contributed by atoms with Gasteiger partial charge in [-0.15, -0.1) is 0 Å². The number of halogens is 1. The molecule has 4 aliphatic rings. The Morgan fingerprint density at radius 3 is 2.65 bits per heavy atom. The molecule has 10 heteroatoms. The van der Waals surface area contributed by atoms with E-state index in [0.29, 0.717) is 29.3 Å². The number of nitrogens with one attached hydrogen (secondary N) is 2. The van der Waals surface area contributed by atoms with E-state index in [0.717, 1.165) is 74.8 Å². The summed E-state index contributed by atoms with van der Waals surface area (Å²) in [5.74, 6) is -0.189. The number of fused-ring (bicyclic) bond motifs is 3. The lowest BCUT2D eigenvalue weighted by Gasteiger charge is -2.45. The van der Waals surface area contributed by atoms with Gasteiger partial charge in [0.25, 0.3) is 5.91 Å². The first-order valence-corrected chi connectivity index (χ1v) is 14.5. The number of ether oxygens (including phenoxy) is 1. The quantitative estimate of drug-likeness (QED) is 0.390. The number of imide groups is 1. The average Bonchev–Trinajstić information content (AvgIpc) is 3.27. The largest absolute Gasteiger partial charge is 0.413 e. The van der Waals surface area contributed by atoms with Gasteiger partial charge in [0.15, 0.2) is 0 Å². The number of amides is 4. The molecule has 0 aromatic heterocycles. The summed E-state index contributed by atoms with van der Waals surface area (Å²) in [5.41, 5.74) is 3.38. The van der Waals surface area contributed by atoms with E-state index in [-0.39, 0.29) is 24.1 Å². The van der Waals surface area contributed by atoms with Gasteiger partial charge in [-0.25, -0.2) is 4.79 Å². The standard InChI is InChI=1S/C30H33ClN4O5/c31-20-8-10-25-23(17-20)30(33-29(39)40-25)12-15-34(16-13-30)14-3-1-2-5-19-6-4-7-21-22(19)18-35(28(21)38)24-9-11-26(36)32-27(24)37/h4,6-8,10,17,24H,1-3,5,9,11-16,18H2,(H,33,39)(H,32,36,37). The molecule has 1 spiro atoms. The summed E-state index contributed by atoms with van der Waals surface area (Å²) >= 11 is 6.25. The molecule has 40 heavy (non-hydrogen) atoms. The van der Waals surface area contributed by atoms with Crippen LogP contribution in [0.2, 0.25) is 5.02 Å². The van der Waals surface area contributed by atoms with Crippen molar-refractivity contribution in [1.82, 2.24) is 20.4 Å². The summed E-state index contributed by atoms with van der Waals surface area (Å²) in [4.78, 5) is 53.2. The Hall–Kier alpha value is -3.43. The SMILES string of the molecule is O=C1CCC(N2Cc3c(CCCCCN4CCC5(CC4)NC(=O)Oc4ccc(Cl)cc45)cccc3C2=O)C(=O)N1. The fraction of sp³-hybridized carbons (Fsp3) is 0.467. The van der Waals surface area contributed by atoms with Gasteiger partial charge < -0.3 is 19.9 Å². The number of hydrogen-bond acceptors (Lipinski definition) is 6. The van der Waals surface area contributed by atoms with Crippen LogP contribution in [-0.4, -0.2) is 59.3 Å². The maximum absolute atomic E-state index is 13.1. The van der Waals surface area contributed by atoms with Crippen LogP contribution in [0.5, 0.6) is 5.75 Å². The second kappa shape index (κ2) is 10.9. The Kier molecular flexibility index (Phi) is 7.27. The molecule has 2 saturated heterocycles. The summed E-state index contributed by atoms with van der Waals surface area (Å²) < 4.78 is 5.37. The molecule has 1 atom stereocenters. The molecule has 2 fully saturated rings. The zero-order chi connectivity index (χ0) is 27.9. The molecule has 2 aromatic rings. The fourth-order valence-corrected chi connectivity index (χ4v) is 6.79. The summed E-state index contributed by atoms with van der Waals surface area (Å²) in [5, 5.41) is 6.07. The molecule has 0 saturated carbocycles. The Morgan fingerprint density at radius 1 is 1.02 bits per heavy atom. The van der Waals surface area contributed by atoms with Gasteiger partial charge in [0.1, 0.15) is 11.8 Å². The van der Waals surface area contributed by atoms with Crippen molar-refractivity contribution in [3.8, 4) is 5.75 Å². The molecule has 0 radical (unpaired) electrons. The zero-order valence-corrected chi connectivity index (χ0v) is 23.1. The molecule has 6 rings (SSSR count). The molecule has 4 amide bonds. The fourth-order valence-electron chi connectivity index (χ4n) is 6.62. The Balaban J connectivity index is 0.988. The molecule has 0 bridgehead atoms. The van der Waals surface area contributed by atoms with Gasteiger partial charge in [0.05, 0.1) is 5.54 Å². The minimum Gasteiger partial charge on any atom is -0.410 e. The van der Waals surface area contributed by atoms with Crippen molar-refractivity contribution in [3.05, 3.63) is 63.7 Å². The van der Waals surface area contributed by atoms with E-state index in [1.54, 1.807) is 17.0 Å². The van der Waals surface area contributed by atoms with Crippen LogP contribution in [0.15, 0.2) is 36.4 Å². The molecule has 210 valence electrons. The average molecular weight is 565 g/mol. The molecule has 4 heterocycles. The van der Waals surface area contributed by atoms with Crippen molar-refractivity contribution in [2.45, 2.75) is 69.5 Å². The Bertz CT molecular complexity index is 1370. The van der Waals surface area contributed by atoms with Gasteiger partial charge in [-0.3, -0.25) is 19.7 Å². The van der Waals surface area contributed by atoms with E-state index in [4.69, 9.17) is 16.3 Å². The van der Waals surface area contributed by atoms with E-state index in [1.165, 1.54) is 0 Å². The lowest BCUT2D eigenvalue weighted by molar-refractivity contribution is -0.136. The van der Waals surface area contributed by atoms with Gasteiger partial charge in [0, 0.05) is 42.2 Å². The molecular weight excluding hydrogens is 532 g/mol. The lowest BCUT2D eigenvalue weighted by Crippen LogP contribution is -2.56. The summed E-state index contributed by atoms with van der Waals surface area (Å²) in [6, 6.07) is 10.7. The molecule has 9 nitrogen and oxygen atoms in total. The predicted molar refractivity (Wildman–Crippen MR) is 148 cm³/mol. The normalized spacial score (nSPS) is 22.0. The Labute approximate surface area is 238 Å². The van der Waals surface area contributed by atoms with Crippen molar-refractivity contribution in [3.63, 3.8) is 0 Å². The van der Waals surface area contributed by atoms with Gasteiger partial charge in [0.2, 0.25) is 11.8 Å². The van der Waals surface area contributed by atoms with Crippen LogP contribution in [0, 0.1) is 0 Å². The number of rotatable bonds is 7. The van der Waals surface area contributed by atoms with E-state index >= 15 is 0 Å². The van der Waals surface area contributed by atoms with Crippen LogP contribution in [0.25, 0.3) is 0 Å². The number of carbonyl (C=O) groups is 4. The third kappa shape index (κ3) is 5.08. The summed E-state index contributed by atoms with van der Waals surface area (Å²) in [6.45, 7) is 3.19.